The van der Waals surface area contributed by atoms with E-state index in [9.17, 15) is 4.79 Å². The van der Waals surface area contributed by atoms with Crippen LogP contribution in [0.1, 0.15) is 27.7 Å². The van der Waals surface area contributed by atoms with E-state index in [4.69, 9.17) is 4.74 Å². The molecule has 0 N–H and O–H groups in total. The zero-order chi connectivity index (χ0) is 8.85. The number of hydrogen-bond donors (Lipinski definition) is 0. The van der Waals surface area contributed by atoms with Crippen LogP contribution in [0.25, 0.3) is 0 Å². The van der Waals surface area contributed by atoms with E-state index in [-0.39, 0.29) is 12.1 Å². The van der Waals surface area contributed by atoms with Crippen molar-refractivity contribution in [3.8, 4) is 0 Å². The minimum absolute atomic E-state index is 0.0634. The van der Waals surface area contributed by atoms with Crippen molar-refractivity contribution in [2.75, 3.05) is 13.2 Å². The van der Waals surface area contributed by atoms with Gasteiger partial charge in [-0.3, -0.25) is 4.79 Å². The van der Waals surface area contributed by atoms with Crippen molar-refractivity contribution in [2.24, 2.45) is 0 Å². The van der Waals surface area contributed by atoms with Gasteiger partial charge in [-0.2, -0.15) is 0 Å². The first-order valence-corrected chi connectivity index (χ1v) is 4.02. The Bertz CT molecular complexity index is 125. The molecular weight excluding hydrogens is 142 g/mol. The summed E-state index contributed by atoms with van der Waals surface area (Å²) in [7, 11) is 0. The summed E-state index contributed by atoms with van der Waals surface area (Å²) in [4.78, 5) is 12.6. The van der Waals surface area contributed by atoms with E-state index in [2.05, 4.69) is 0 Å². The molecule has 3 nitrogen and oxygen atoms in total. The predicted molar refractivity (Wildman–Crippen MR) is 44.1 cm³/mol. The molecule has 1 amide bonds. The third-order valence-corrected chi connectivity index (χ3v) is 1.59. The van der Waals surface area contributed by atoms with E-state index >= 15 is 0 Å². The molecule has 0 aliphatic carbocycles. The van der Waals surface area contributed by atoms with Gasteiger partial charge in [-0.05, 0) is 20.8 Å². The number of amides is 1. The Labute approximate surface area is 68.3 Å². The second-order valence-electron chi connectivity index (χ2n) is 2.36. The summed E-state index contributed by atoms with van der Waals surface area (Å²) in [5, 5.41) is 0. The van der Waals surface area contributed by atoms with Crippen LogP contribution in [-0.4, -0.2) is 30.2 Å². The largest absolute Gasteiger partial charge is 0.359 e. The zero-order valence-electron chi connectivity index (χ0n) is 7.76. The molecule has 0 saturated heterocycles. The molecule has 0 aromatic heterocycles. The Morgan fingerprint density at radius 3 is 2.36 bits per heavy atom. The molecule has 0 aromatic rings. The van der Waals surface area contributed by atoms with Gasteiger partial charge in [-0.15, -0.1) is 0 Å². The van der Waals surface area contributed by atoms with Gasteiger partial charge in [0.1, 0.15) is 6.23 Å². The summed E-state index contributed by atoms with van der Waals surface area (Å²) in [6, 6.07) is 0. The molecule has 1 unspecified atom stereocenters. The summed E-state index contributed by atoms with van der Waals surface area (Å²) in [6.45, 7) is 8.65. The van der Waals surface area contributed by atoms with Gasteiger partial charge in [0, 0.05) is 20.1 Å². The maximum absolute atomic E-state index is 10.9. The van der Waals surface area contributed by atoms with Crippen LogP contribution in [0.4, 0.5) is 0 Å². The van der Waals surface area contributed by atoms with Gasteiger partial charge in [0.05, 0.1) is 0 Å². The lowest BCUT2D eigenvalue weighted by Gasteiger charge is -2.26. The van der Waals surface area contributed by atoms with Gasteiger partial charge >= 0.3 is 0 Å². The highest BCUT2D eigenvalue weighted by Crippen LogP contribution is 2.00. The fraction of sp³-hybridized carbons (Fsp3) is 0.875. The van der Waals surface area contributed by atoms with Gasteiger partial charge < -0.3 is 9.64 Å². The Balaban J connectivity index is 3.91. The Hall–Kier alpha value is -0.570. The fourth-order valence-corrected chi connectivity index (χ4v) is 1.07. The Morgan fingerprint density at radius 2 is 2.09 bits per heavy atom. The van der Waals surface area contributed by atoms with Crippen molar-refractivity contribution >= 4 is 5.91 Å². The van der Waals surface area contributed by atoms with Crippen molar-refractivity contribution in [3.05, 3.63) is 0 Å². The lowest BCUT2D eigenvalue weighted by Crippen LogP contribution is -2.38. The van der Waals surface area contributed by atoms with Crippen LogP contribution in [0.15, 0.2) is 0 Å². The second kappa shape index (κ2) is 5.13. The fourth-order valence-electron chi connectivity index (χ4n) is 1.07. The van der Waals surface area contributed by atoms with Crippen molar-refractivity contribution in [3.63, 3.8) is 0 Å². The van der Waals surface area contributed by atoms with Crippen LogP contribution in [0.2, 0.25) is 0 Å². The first-order valence-electron chi connectivity index (χ1n) is 4.02. The monoisotopic (exact) mass is 159 g/mol. The molecule has 0 aliphatic rings. The van der Waals surface area contributed by atoms with E-state index in [1.807, 2.05) is 20.8 Å². The van der Waals surface area contributed by atoms with E-state index < -0.39 is 0 Å². The summed E-state index contributed by atoms with van der Waals surface area (Å²) in [5.74, 6) is 0.0634. The van der Waals surface area contributed by atoms with Crippen LogP contribution >= 0.6 is 0 Å². The minimum atomic E-state index is -0.0949. The van der Waals surface area contributed by atoms with Gasteiger partial charge in [0.15, 0.2) is 0 Å². The molecular formula is C8H17NO2. The van der Waals surface area contributed by atoms with Crippen molar-refractivity contribution < 1.29 is 9.53 Å². The molecule has 0 spiro atoms. The molecule has 0 aliphatic heterocycles. The Kier molecular flexibility index (Phi) is 4.86. The first kappa shape index (κ1) is 10.4. The highest BCUT2D eigenvalue weighted by atomic mass is 16.5. The van der Waals surface area contributed by atoms with E-state index in [0.29, 0.717) is 13.2 Å². The first-order chi connectivity index (χ1) is 5.13. The van der Waals surface area contributed by atoms with E-state index in [1.54, 1.807) is 11.8 Å². The quantitative estimate of drug-likeness (QED) is 0.577. The van der Waals surface area contributed by atoms with Gasteiger partial charge in [-0.25, -0.2) is 0 Å². The van der Waals surface area contributed by atoms with Gasteiger partial charge in [-0.1, -0.05) is 0 Å². The summed E-state index contributed by atoms with van der Waals surface area (Å²) in [5.41, 5.74) is 0. The lowest BCUT2D eigenvalue weighted by molar-refractivity contribution is -0.141. The zero-order valence-corrected chi connectivity index (χ0v) is 7.76. The van der Waals surface area contributed by atoms with E-state index in [1.165, 1.54) is 0 Å². The maximum atomic E-state index is 10.9. The smallest absolute Gasteiger partial charge is 0.221 e. The minimum Gasteiger partial charge on any atom is -0.359 e. The van der Waals surface area contributed by atoms with Crippen molar-refractivity contribution in [1.29, 1.82) is 0 Å². The molecule has 0 radical (unpaired) electrons. The SMILES string of the molecule is CCOC(C)N(CC)C(C)=O. The summed E-state index contributed by atoms with van der Waals surface area (Å²) >= 11 is 0. The predicted octanol–water partition coefficient (Wildman–Crippen LogP) is 1.24. The highest BCUT2D eigenvalue weighted by molar-refractivity contribution is 5.73. The van der Waals surface area contributed by atoms with Crippen molar-refractivity contribution in [1.82, 2.24) is 4.90 Å². The lowest BCUT2D eigenvalue weighted by atomic mass is 10.4. The highest BCUT2D eigenvalue weighted by Gasteiger charge is 2.13. The number of carbonyl (C=O) groups excluding carboxylic acids is 1. The third-order valence-electron chi connectivity index (χ3n) is 1.59. The topological polar surface area (TPSA) is 29.5 Å². The molecule has 0 aromatic carbocycles. The van der Waals surface area contributed by atoms with Crippen LogP contribution in [0.3, 0.4) is 0 Å². The number of hydrogen-bond acceptors (Lipinski definition) is 2. The maximum Gasteiger partial charge on any atom is 0.221 e. The van der Waals surface area contributed by atoms with Gasteiger partial charge in [0.25, 0.3) is 0 Å². The second-order valence-corrected chi connectivity index (χ2v) is 2.36. The molecule has 11 heavy (non-hydrogen) atoms. The molecule has 0 saturated carbocycles. The third kappa shape index (κ3) is 3.37. The molecule has 0 heterocycles. The number of nitrogens with zero attached hydrogens (tertiary/aromatic N) is 1. The van der Waals surface area contributed by atoms with Crippen LogP contribution in [-0.2, 0) is 9.53 Å². The van der Waals surface area contributed by atoms with E-state index in [0.717, 1.165) is 0 Å². The number of rotatable bonds is 4. The molecule has 0 fully saturated rings. The molecule has 0 bridgehead atoms. The van der Waals surface area contributed by atoms with Crippen LogP contribution in [0, 0.1) is 0 Å². The molecule has 0 rings (SSSR count). The van der Waals surface area contributed by atoms with Crippen LogP contribution < -0.4 is 0 Å². The summed E-state index contributed by atoms with van der Waals surface area (Å²) < 4.78 is 5.26. The molecule has 66 valence electrons. The number of ether oxygens (including phenoxy) is 1. The Morgan fingerprint density at radius 1 is 1.55 bits per heavy atom. The average molecular weight is 159 g/mol. The molecule has 1 atom stereocenters. The van der Waals surface area contributed by atoms with Gasteiger partial charge in [0.2, 0.25) is 5.91 Å². The normalized spacial score (nSPS) is 12.7. The molecule has 3 heteroatoms. The standard InChI is InChI=1S/C8H17NO2/c1-5-9(7(3)10)8(4)11-6-2/h8H,5-6H2,1-4H3. The average Bonchev–Trinajstić information content (AvgIpc) is 1.88. The van der Waals surface area contributed by atoms with Crippen molar-refractivity contribution in [2.45, 2.75) is 33.9 Å². The number of carbonyl (C=O) groups is 1. The summed E-state index contributed by atoms with van der Waals surface area (Å²) in [6.07, 6.45) is -0.0949. The van der Waals surface area contributed by atoms with Crippen LogP contribution in [0.5, 0.6) is 0 Å².